The molecule has 0 radical (unpaired) electrons. The van der Waals surface area contributed by atoms with E-state index in [1.165, 1.54) is 0 Å². The molecule has 0 saturated carbocycles. The molecule has 0 atom stereocenters. The summed E-state index contributed by atoms with van der Waals surface area (Å²) in [6.45, 7) is 9.18. The zero-order chi connectivity index (χ0) is 21.5. The molecule has 1 N–H and O–H groups in total. The quantitative estimate of drug-likeness (QED) is 0.471. The second kappa shape index (κ2) is 10.2. The Morgan fingerprint density at radius 3 is 2.47 bits per heavy atom. The van der Waals surface area contributed by atoms with Crippen LogP contribution in [0.1, 0.15) is 53.0 Å². The van der Waals surface area contributed by atoms with Gasteiger partial charge in [-0.3, -0.25) is 9.36 Å². The molecule has 0 aliphatic rings. The first-order chi connectivity index (χ1) is 14.7. The Labute approximate surface area is 177 Å². The van der Waals surface area contributed by atoms with Crippen molar-refractivity contribution in [2.24, 2.45) is 0 Å². The molecule has 160 valence electrons. The minimum Gasteiger partial charge on any atom is -0.396 e. The molecule has 0 fully saturated rings. The van der Waals surface area contributed by atoms with Crippen molar-refractivity contribution in [1.82, 2.24) is 34.2 Å². The summed E-state index contributed by atoms with van der Waals surface area (Å²) >= 11 is 0. The number of aryl methyl sites for hydroxylation is 1. The molecular formula is C22H31N7O. The van der Waals surface area contributed by atoms with Gasteiger partial charge in [-0.05, 0) is 25.3 Å². The average molecular weight is 410 g/mol. The zero-order valence-corrected chi connectivity index (χ0v) is 18.2. The highest BCUT2D eigenvalue weighted by molar-refractivity contribution is 5.78. The molecule has 30 heavy (non-hydrogen) atoms. The zero-order valence-electron chi connectivity index (χ0n) is 18.2. The maximum absolute atomic E-state index is 9.01. The van der Waals surface area contributed by atoms with Crippen LogP contribution in [0, 0.1) is 0 Å². The Bertz CT molecular complexity index is 1060. The third-order valence-electron chi connectivity index (χ3n) is 5.06. The maximum Gasteiger partial charge on any atom is 0.0999 e. The molecule has 4 aromatic heterocycles. The van der Waals surface area contributed by atoms with E-state index in [2.05, 4.69) is 35.3 Å². The van der Waals surface area contributed by atoms with Crippen LogP contribution in [-0.2, 0) is 6.54 Å². The van der Waals surface area contributed by atoms with Gasteiger partial charge in [-0.2, -0.15) is 15.3 Å². The Morgan fingerprint density at radius 2 is 1.73 bits per heavy atom. The van der Waals surface area contributed by atoms with E-state index < -0.39 is 0 Å². The number of hydrogen-bond acceptors (Lipinski definition) is 5. The van der Waals surface area contributed by atoms with Gasteiger partial charge in [0.2, 0.25) is 0 Å². The second-order valence-electron chi connectivity index (χ2n) is 6.88. The van der Waals surface area contributed by atoms with E-state index in [1.807, 2.05) is 52.4 Å². The van der Waals surface area contributed by atoms with Gasteiger partial charge < -0.3 is 5.11 Å². The first-order valence-electron chi connectivity index (χ1n) is 10.8. The van der Waals surface area contributed by atoms with Crippen LogP contribution in [0.25, 0.3) is 28.0 Å². The van der Waals surface area contributed by atoms with Crippen molar-refractivity contribution in [3.05, 3.63) is 43.2 Å². The summed E-state index contributed by atoms with van der Waals surface area (Å²) in [5.74, 6) is 0. The Balaban J connectivity index is 0.00000124. The fourth-order valence-corrected chi connectivity index (χ4v) is 3.45. The van der Waals surface area contributed by atoms with Crippen LogP contribution in [0.2, 0.25) is 0 Å². The van der Waals surface area contributed by atoms with Crippen LogP contribution in [0.4, 0.5) is 0 Å². The van der Waals surface area contributed by atoms with Crippen molar-refractivity contribution in [1.29, 1.82) is 0 Å². The summed E-state index contributed by atoms with van der Waals surface area (Å²) in [6, 6.07) is 2.35. The largest absolute Gasteiger partial charge is 0.396 e. The number of hydrogen-bond donors (Lipinski definition) is 1. The van der Waals surface area contributed by atoms with Crippen LogP contribution in [0.5, 0.6) is 0 Å². The highest BCUT2D eigenvalue weighted by Gasteiger charge is 2.15. The van der Waals surface area contributed by atoms with Crippen molar-refractivity contribution < 1.29 is 5.11 Å². The Morgan fingerprint density at radius 1 is 0.967 bits per heavy atom. The second-order valence-corrected chi connectivity index (χ2v) is 6.88. The first-order valence-corrected chi connectivity index (χ1v) is 10.8. The minimum atomic E-state index is 0.150. The smallest absolute Gasteiger partial charge is 0.0999 e. The van der Waals surface area contributed by atoms with Crippen LogP contribution in [0.3, 0.4) is 0 Å². The van der Waals surface area contributed by atoms with E-state index in [0.717, 1.165) is 40.9 Å². The average Bonchev–Trinajstić information content (AvgIpc) is 3.54. The molecule has 0 aromatic carbocycles. The number of fused-ring (bicyclic) bond motifs is 1. The summed E-state index contributed by atoms with van der Waals surface area (Å²) in [7, 11) is 0. The van der Waals surface area contributed by atoms with E-state index in [0.29, 0.717) is 19.0 Å². The molecule has 0 saturated heterocycles. The third-order valence-corrected chi connectivity index (χ3v) is 5.06. The highest BCUT2D eigenvalue weighted by atomic mass is 16.3. The molecule has 0 amide bonds. The van der Waals surface area contributed by atoms with E-state index in [-0.39, 0.29) is 6.61 Å². The number of rotatable bonds is 8. The fourth-order valence-electron chi connectivity index (χ4n) is 3.45. The lowest BCUT2D eigenvalue weighted by Gasteiger charge is -2.12. The number of aliphatic hydroxyl groups excluding tert-OH is 1. The Kier molecular flexibility index (Phi) is 7.35. The molecular weight excluding hydrogens is 378 g/mol. The normalized spacial score (nSPS) is 11.1. The van der Waals surface area contributed by atoms with Gasteiger partial charge in [0, 0.05) is 36.7 Å². The number of nitrogens with zero attached hydrogens (tertiary/aromatic N) is 7. The van der Waals surface area contributed by atoms with E-state index in [4.69, 9.17) is 10.1 Å². The molecule has 4 heterocycles. The number of aromatic nitrogens is 7. The van der Waals surface area contributed by atoms with Gasteiger partial charge in [0.15, 0.2) is 0 Å². The predicted molar refractivity (Wildman–Crippen MR) is 118 cm³/mol. The summed E-state index contributed by atoms with van der Waals surface area (Å²) in [6.07, 6.45) is 14.1. The molecule has 8 heteroatoms. The van der Waals surface area contributed by atoms with E-state index in [9.17, 15) is 0 Å². The third kappa shape index (κ3) is 4.43. The van der Waals surface area contributed by atoms with Crippen molar-refractivity contribution >= 4 is 5.52 Å². The predicted octanol–water partition coefficient (Wildman–Crippen LogP) is 4.23. The van der Waals surface area contributed by atoms with Gasteiger partial charge in [-0.1, -0.05) is 27.7 Å². The van der Waals surface area contributed by atoms with Gasteiger partial charge in [0.05, 0.1) is 47.7 Å². The molecule has 0 bridgehead atoms. The molecule has 4 aromatic rings. The maximum atomic E-state index is 9.01. The standard InChI is InChI=1S/C20H25N7O.C2H6/c1-3-17(4-2)26-13-16(11-23-26)20-19-6-7-21-27(19)14-18(24-20)15-10-22-25(12-15)8-5-9-28;1-2/h6-7,10-14,17,28H,3-5,8-9H2,1-2H3;1-2H3. The van der Waals surface area contributed by atoms with Gasteiger partial charge in [-0.25, -0.2) is 9.50 Å². The van der Waals surface area contributed by atoms with Gasteiger partial charge >= 0.3 is 0 Å². The van der Waals surface area contributed by atoms with Crippen molar-refractivity contribution in [3.8, 4) is 22.5 Å². The fraction of sp³-hybridized carbons (Fsp3) is 0.455. The van der Waals surface area contributed by atoms with Gasteiger partial charge in [0.1, 0.15) is 0 Å². The molecule has 0 spiro atoms. The molecule has 4 rings (SSSR count). The van der Waals surface area contributed by atoms with Gasteiger partial charge in [0.25, 0.3) is 0 Å². The molecule has 0 aliphatic carbocycles. The van der Waals surface area contributed by atoms with Crippen LogP contribution in [-0.4, -0.2) is 45.9 Å². The molecule has 0 aliphatic heterocycles. The summed E-state index contributed by atoms with van der Waals surface area (Å²) in [5.41, 5.74) is 4.50. The first kappa shape index (κ1) is 21.7. The summed E-state index contributed by atoms with van der Waals surface area (Å²) in [4.78, 5) is 4.91. The van der Waals surface area contributed by atoms with Crippen molar-refractivity contribution in [2.45, 2.75) is 59.5 Å². The summed E-state index contributed by atoms with van der Waals surface area (Å²) < 4.78 is 5.70. The van der Waals surface area contributed by atoms with Gasteiger partial charge in [-0.15, -0.1) is 0 Å². The van der Waals surface area contributed by atoms with Crippen LogP contribution < -0.4 is 0 Å². The minimum absolute atomic E-state index is 0.150. The number of aliphatic hydroxyl groups is 1. The molecule has 8 nitrogen and oxygen atoms in total. The molecule has 0 unspecified atom stereocenters. The topological polar surface area (TPSA) is 86.1 Å². The van der Waals surface area contributed by atoms with E-state index >= 15 is 0 Å². The van der Waals surface area contributed by atoms with Crippen LogP contribution in [0.15, 0.2) is 43.2 Å². The highest BCUT2D eigenvalue weighted by Crippen LogP contribution is 2.27. The summed E-state index contributed by atoms with van der Waals surface area (Å²) in [5, 5.41) is 22.4. The SMILES string of the molecule is CC.CCC(CC)n1cc(-c2nc(-c3cnn(CCCO)c3)cn3nccc23)cn1. The Hall–Kier alpha value is -3.00. The van der Waals surface area contributed by atoms with Crippen LogP contribution >= 0.6 is 0 Å². The lowest BCUT2D eigenvalue weighted by Crippen LogP contribution is -2.06. The van der Waals surface area contributed by atoms with Crippen molar-refractivity contribution in [3.63, 3.8) is 0 Å². The lowest BCUT2D eigenvalue weighted by atomic mass is 10.1. The van der Waals surface area contributed by atoms with Crippen molar-refractivity contribution in [2.75, 3.05) is 6.61 Å². The monoisotopic (exact) mass is 409 g/mol. The van der Waals surface area contributed by atoms with E-state index in [1.54, 1.807) is 12.4 Å². The lowest BCUT2D eigenvalue weighted by molar-refractivity contribution is 0.277.